The van der Waals surface area contributed by atoms with Crippen LogP contribution in [-0.2, 0) is 49.7 Å². The van der Waals surface area contributed by atoms with Crippen molar-refractivity contribution in [3.05, 3.63) is 100 Å². The Balaban J connectivity index is 0.653. The molecule has 0 spiro atoms. The number of hydrogen-bond donors (Lipinski definition) is 3. The molecule has 17 heteroatoms. The van der Waals surface area contributed by atoms with Crippen molar-refractivity contribution in [1.82, 2.24) is 35.1 Å². The number of nitrogens with one attached hydrogen (secondary N) is 3. The molecule has 2 aromatic heterocycles. The highest BCUT2D eigenvalue weighted by atomic mass is 19.1. The Morgan fingerprint density at radius 2 is 1.66 bits per heavy atom. The van der Waals surface area contributed by atoms with Gasteiger partial charge in [0.15, 0.2) is 5.78 Å². The highest BCUT2D eigenvalue weighted by Crippen LogP contribution is 2.37. The smallest absolute Gasteiger partial charge is 0.264 e. The molecule has 336 valence electrons. The van der Waals surface area contributed by atoms with Gasteiger partial charge < -0.3 is 29.4 Å². The second-order valence-corrected chi connectivity index (χ2v) is 16.4. The first-order valence-corrected chi connectivity index (χ1v) is 22.0. The average molecular weight is 877 g/mol. The Morgan fingerprint density at radius 3 is 2.45 bits per heavy atom. The van der Waals surface area contributed by atoms with Gasteiger partial charge in [-0.05, 0) is 93.1 Å². The maximum atomic E-state index is 14.3. The minimum Gasteiger partial charge on any atom is -0.382 e. The molecule has 1 fully saturated rings. The average Bonchev–Trinajstić information content (AvgIpc) is 3.93. The van der Waals surface area contributed by atoms with Gasteiger partial charge in [-0.2, -0.15) is 0 Å². The van der Waals surface area contributed by atoms with Crippen molar-refractivity contribution in [2.45, 2.75) is 70.5 Å². The van der Waals surface area contributed by atoms with Gasteiger partial charge in [0.25, 0.3) is 11.8 Å². The van der Waals surface area contributed by atoms with Gasteiger partial charge in [0.2, 0.25) is 11.8 Å². The number of hydrogen-bond acceptors (Lipinski definition) is 12. The molecule has 3 N–H and O–H groups in total. The molecule has 4 heterocycles. The number of halogens is 1. The summed E-state index contributed by atoms with van der Waals surface area (Å²) in [6, 6.07) is 15.3. The van der Waals surface area contributed by atoms with E-state index in [1.165, 1.54) is 17.7 Å². The molecule has 3 aromatic carbocycles. The maximum absolute atomic E-state index is 14.3. The Kier molecular flexibility index (Phi) is 14.3. The third kappa shape index (κ3) is 10.3. The van der Waals surface area contributed by atoms with Crippen molar-refractivity contribution < 1.29 is 42.6 Å². The van der Waals surface area contributed by atoms with E-state index in [1.54, 1.807) is 22.9 Å². The number of amides is 4. The number of fused-ring (bicyclic) bond motifs is 1. The number of ether oxygens (including phenoxy) is 3. The molecule has 0 bridgehead atoms. The molecule has 2 aliphatic heterocycles. The van der Waals surface area contributed by atoms with Gasteiger partial charge in [-0.25, -0.2) is 9.07 Å². The Labute approximate surface area is 369 Å². The lowest BCUT2D eigenvalue weighted by Crippen LogP contribution is -2.54. The van der Waals surface area contributed by atoms with Gasteiger partial charge in [-0.1, -0.05) is 35.5 Å². The number of aryl methyl sites for hydroxylation is 2. The van der Waals surface area contributed by atoms with Crippen LogP contribution in [0.1, 0.15) is 86.4 Å². The van der Waals surface area contributed by atoms with Crippen molar-refractivity contribution in [2.24, 2.45) is 0 Å². The number of H-pyrrole nitrogens is 1. The zero-order chi connectivity index (χ0) is 44.6. The summed E-state index contributed by atoms with van der Waals surface area (Å²) in [5.74, 6) is -2.56. The number of carbonyl (C=O) groups is 5. The standard InChI is InChI=1S/C47H53FN8O8/c1-54(28-30-11-13-31(14-12-30)44-34-7-5-10-40(57)36-26-32(48)27-38(50-44)42(34)36)18-3-2-6-33-29-55(53-52-33)19-21-63-23-25-64-24-22-62-20-17-49-37-9-4-8-35-43(37)47(61)56(46(35)60)39-15-16-41(58)51-45(39)59/h4,8-9,11-14,26-27,29,39,49-50H,2-3,5-7,10,15-25,28H2,1H3,(H,51,58,59). The van der Waals surface area contributed by atoms with Crippen molar-refractivity contribution in [3.63, 3.8) is 0 Å². The van der Waals surface area contributed by atoms with E-state index in [1.807, 2.05) is 6.20 Å². The monoisotopic (exact) mass is 876 g/mol. The van der Waals surface area contributed by atoms with E-state index in [0.717, 1.165) is 78.0 Å². The molecule has 64 heavy (non-hydrogen) atoms. The topological polar surface area (TPSA) is 190 Å². The number of ketones is 1. The number of rotatable bonds is 22. The summed E-state index contributed by atoms with van der Waals surface area (Å²) >= 11 is 0. The normalized spacial score (nSPS) is 16.3. The predicted octanol–water partition coefficient (Wildman–Crippen LogP) is 5.10. The fraction of sp³-hybridized carbons (Fsp3) is 0.426. The highest BCUT2D eigenvalue weighted by Gasteiger charge is 2.45. The molecule has 1 saturated heterocycles. The first-order valence-electron chi connectivity index (χ1n) is 22.0. The largest absolute Gasteiger partial charge is 0.382 e. The van der Waals surface area contributed by atoms with Gasteiger partial charge in [0, 0.05) is 60.0 Å². The van der Waals surface area contributed by atoms with Crippen LogP contribution < -0.4 is 10.6 Å². The quantitative estimate of drug-likeness (QED) is 0.0617. The molecule has 3 aliphatic rings. The number of aromatic nitrogens is 4. The molecule has 5 aromatic rings. The SMILES string of the molecule is CN(CCCCc1cn(CCOCCOCCOCCNc2cccc3c2C(=O)N(C2CCC(=O)NC2=O)C3=O)nn1)Cc1ccc(-c2[nH]c3cc(F)cc4c3c2CCCC4=O)cc1. The number of carbonyl (C=O) groups excluding carboxylic acids is 5. The lowest BCUT2D eigenvalue weighted by molar-refractivity contribution is -0.136. The minimum absolute atomic E-state index is 0.00631. The first kappa shape index (κ1) is 44.5. The second kappa shape index (κ2) is 20.6. The van der Waals surface area contributed by atoms with Crippen molar-refractivity contribution in [2.75, 3.05) is 65.1 Å². The van der Waals surface area contributed by atoms with E-state index in [-0.39, 0.29) is 29.8 Å². The summed E-state index contributed by atoms with van der Waals surface area (Å²) in [7, 11) is 2.12. The van der Waals surface area contributed by atoms with E-state index < -0.39 is 35.5 Å². The number of aromatic amines is 1. The van der Waals surface area contributed by atoms with E-state index in [4.69, 9.17) is 14.2 Å². The molecule has 0 saturated carbocycles. The predicted molar refractivity (Wildman–Crippen MR) is 234 cm³/mol. The Morgan fingerprint density at radius 1 is 0.875 bits per heavy atom. The number of unbranched alkanes of at least 4 members (excludes halogenated alkanes) is 1. The lowest BCUT2D eigenvalue weighted by Gasteiger charge is -2.27. The number of benzene rings is 3. The number of imide groups is 2. The van der Waals surface area contributed by atoms with Crippen LogP contribution >= 0.6 is 0 Å². The zero-order valence-electron chi connectivity index (χ0n) is 36.0. The maximum Gasteiger partial charge on any atom is 0.264 e. The summed E-state index contributed by atoms with van der Waals surface area (Å²) < 4.78 is 33.1. The van der Waals surface area contributed by atoms with Gasteiger partial charge >= 0.3 is 0 Å². The van der Waals surface area contributed by atoms with Gasteiger partial charge in [0.1, 0.15) is 11.9 Å². The first-order chi connectivity index (χ1) is 31.1. The molecular weight excluding hydrogens is 824 g/mol. The van der Waals surface area contributed by atoms with E-state index in [9.17, 15) is 28.4 Å². The molecule has 8 rings (SSSR count). The zero-order valence-corrected chi connectivity index (χ0v) is 36.0. The van der Waals surface area contributed by atoms with Crippen LogP contribution in [0.5, 0.6) is 0 Å². The fourth-order valence-corrected chi connectivity index (χ4v) is 8.68. The Bertz CT molecular complexity index is 2520. The van der Waals surface area contributed by atoms with Gasteiger partial charge in [-0.3, -0.25) is 34.2 Å². The van der Waals surface area contributed by atoms with Crippen LogP contribution in [0.4, 0.5) is 10.1 Å². The molecule has 1 unspecified atom stereocenters. The number of piperidine rings is 1. The molecular formula is C47H53FN8O8. The van der Waals surface area contributed by atoms with Crippen LogP contribution in [0.3, 0.4) is 0 Å². The lowest BCUT2D eigenvalue weighted by atomic mass is 9.99. The molecule has 1 atom stereocenters. The van der Waals surface area contributed by atoms with E-state index in [0.29, 0.717) is 75.9 Å². The highest BCUT2D eigenvalue weighted by molar-refractivity contribution is 6.25. The molecule has 1 aliphatic carbocycles. The Hall–Kier alpha value is -6.14. The summed E-state index contributed by atoms with van der Waals surface area (Å²) in [5, 5.41) is 14.8. The van der Waals surface area contributed by atoms with Crippen LogP contribution in [0.15, 0.2) is 60.8 Å². The third-order valence-corrected chi connectivity index (χ3v) is 11.8. The van der Waals surface area contributed by atoms with Crippen molar-refractivity contribution >= 4 is 46.0 Å². The number of Topliss-reactive ketones (excluding diaryl/α,β-unsaturated/α-hetero) is 1. The summed E-state index contributed by atoms with van der Waals surface area (Å²) in [5.41, 5.74) is 7.34. The van der Waals surface area contributed by atoms with Crippen LogP contribution in [0.2, 0.25) is 0 Å². The van der Waals surface area contributed by atoms with Crippen LogP contribution in [0, 0.1) is 5.82 Å². The number of nitrogens with zero attached hydrogens (tertiary/aromatic N) is 5. The second-order valence-electron chi connectivity index (χ2n) is 16.4. The number of anilines is 1. The van der Waals surface area contributed by atoms with Crippen LogP contribution in [-0.4, -0.2) is 125 Å². The van der Waals surface area contributed by atoms with Crippen molar-refractivity contribution in [1.29, 1.82) is 0 Å². The third-order valence-electron chi connectivity index (χ3n) is 11.8. The summed E-state index contributed by atoms with van der Waals surface area (Å²) in [6.07, 6.45) is 6.97. The van der Waals surface area contributed by atoms with E-state index >= 15 is 0 Å². The van der Waals surface area contributed by atoms with Gasteiger partial charge in [0.05, 0.1) is 63.0 Å². The minimum atomic E-state index is -1.02. The fourth-order valence-electron chi connectivity index (χ4n) is 8.68. The molecule has 4 amide bonds. The van der Waals surface area contributed by atoms with Crippen LogP contribution in [0.25, 0.3) is 22.2 Å². The van der Waals surface area contributed by atoms with E-state index in [2.05, 4.69) is 62.1 Å². The molecule has 0 radical (unpaired) electrons. The summed E-state index contributed by atoms with van der Waals surface area (Å²) in [4.78, 5) is 69.5. The molecule has 16 nitrogen and oxygen atoms in total. The van der Waals surface area contributed by atoms with Gasteiger partial charge in [-0.15, -0.1) is 5.10 Å². The van der Waals surface area contributed by atoms with Crippen molar-refractivity contribution in [3.8, 4) is 11.3 Å². The summed E-state index contributed by atoms with van der Waals surface area (Å²) in [6.45, 7) is 5.16.